The third kappa shape index (κ3) is 4.61. The summed E-state index contributed by atoms with van der Waals surface area (Å²) in [5.41, 5.74) is 3.47. The van der Waals surface area contributed by atoms with Gasteiger partial charge in [0, 0.05) is 51.0 Å². The first-order chi connectivity index (χ1) is 14.9. The number of benzene rings is 2. The van der Waals surface area contributed by atoms with E-state index in [1.54, 1.807) is 37.1 Å². The summed E-state index contributed by atoms with van der Waals surface area (Å²) in [6.07, 6.45) is 1.39. The largest absolute Gasteiger partial charge is 0.378 e. The normalized spacial score (nSPS) is 17.6. The maximum atomic E-state index is 13.2. The number of amides is 1. The van der Waals surface area contributed by atoms with E-state index in [0.29, 0.717) is 18.5 Å². The molecule has 0 spiro atoms. The average Bonchev–Trinajstić information content (AvgIpc) is 3.20. The maximum Gasteiger partial charge on any atom is 0.243 e. The van der Waals surface area contributed by atoms with E-state index >= 15 is 0 Å². The third-order valence-electron chi connectivity index (χ3n) is 5.95. The van der Waals surface area contributed by atoms with Crippen LogP contribution >= 0.6 is 0 Å². The molecule has 0 unspecified atom stereocenters. The summed E-state index contributed by atoms with van der Waals surface area (Å²) in [5.74, 6) is 0.0904. The molecule has 4 rings (SSSR count). The minimum Gasteiger partial charge on any atom is -0.378 e. The van der Waals surface area contributed by atoms with Crippen molar-refractivity contribution in [2.24, 2.45) is 0 Å². The molecule has 2 fully saturated rings. The first kappa shape index (κ1) is 21.8. The fraction of sp³-hybridized carbons (Fsp3) is 0.435. The zero-order valence-electron chi connectivity index (χ0n) is 18.1. The van der Waals surface area contributed by atoms with E-state index in [2.05, 4.69) is 4.90 Å². The zero-order valence-corrected chi connectivity index (χ0v) is 18.9. The summed E-state index contributed by atoms with van der Waals surface area (Å²) in [6, 6.07) is 13.2. The molecule has 0 N–H and O–H groups in total. The van der Waals surface area contributed by atoms with Crippen molar-refractivity contribution < 1.29 is 17.9 Å². The lowest BCUT2D eigenvalue weighted by molar-refractivity contribution is -0.117. The minimum absolute atomic E-state index is 0.0904. The predicted octanol–water partition coefficient (Wildman–Crippen LogP) is 2.78. The Morgan fingerprint density at radius 2 is 1.68 bits per heavy atom. The van der Waals surface area contributed by atoms with Gasteiger partial charge in [-0.2, -0.15) is 4.31 Å². The fourth-order valence-corrected chi connectivity index (χ4v) is 5.52. The Kier molecular flexibility index (Phi) is 6.31. The molecule has 0 radical (unpaired) electrons. The van der Waals surface area contributed by atoms with Crippen LogP contribution < -0.4 is 9.80 Å². The van der Waals surface area contributed by atoms with E-state index in [1.165, 1.54) is 4.31 Å². The second kappa shape index (κ2) is 8.98. The average molecular weight is 444 g/mol. The Hall–Kier alpha value is -2.42. The van der Waals surface area contributed by atoms with Crippen LogP contribution in [0.4, 0.5) is 11.4 Å². The van der Waals surface area contributed by atoms with Gasteiger partial charge in [0.1, 0.15) is 0 Å². The Labute approximate surface area is 184 Å². The molecule has 31 heavy (non-hydrogen) atoms. The molecule has 0 aliphatic carbocycles. The van der Waals surface area contributed by atoms with Gasteiger partial charge in [0.2, 0.25) is 15.9 Å². The molecule has 0 saturated carbocycles. The summed E-state index contributed by atoms with van der Waals surface area (Å²) in [5, 5.41) is 0. The topological polar surface area (TPSA) is 70.2 Å². The number of ether oxygens (including phenoxy) is 1. The van der Waals surface area contributed by atoms with E-state index in [-0.39, 0.29) is 17.3 Å². The van der Waals surface area contributed by atoms with Crippen LogP contribution in [0.3, 0.4) is 0 Å². The Morgan fingerprint density at radius 3 is 2.29 bits per heavy atom. The van der Waals surface area contributed by atoms with Crippen molar-refractivity contribution in [2.75, 3.05) is 49.7 Å². The molecule has 2 aromatic rings. The molecule has 8 heteroatoms. The van der Waals surface area contributed by atoms with Crippen LogP contribution in [-0.2, 0) is 26.1 Å². The van der Waals surface area contributed by atoms with Crippen molar-refractivity contribution >= 4 is 27.3 Å². The van der Waals surface area contributed by atoms with Crippen LogP contribution in [0.25, 0.3) is 0 Å². The number of anilines is 2. The van der Waals surface area contributed by atoms with Crippen molar-refractivity contribution in [2.45, 2.75) is 31.2 Å². The molecule has 1 amide bonds. The van der Waals surface area contributed by atoms with Gasteiger partial charge < -0.3 is 14.5 Å². The Balaban J connectivity index is 1.47. The molecule has 166 valence electrons. The lowest BCUT2D eigenvalue weighted by Gasteiger charge is -2.29. The van der Waals surface area contributed by atoms with E-state index in [9.17, 15) is 13.2 Å². The van der Waals surface area contributed by atoms with E-state index in [4.69, 9.17) is 4.74 Å². The smallest absolute Gasteiger partial charge is 0.243 e. The Bertz CT molecular complexity index is 1050. The fourth-order valence-electron chi connectivity index (χ4n) is 4.16. The van der Waals surface area contributed by atoms with Crippen molar-refractivity contribution in [1.82, 2.24) is 4.31 Å². The lowest BCUT2D eigenvalue weighted by Crippen LogP contribution is -2.36. The Morgan fingerprint density at radius 1 is 1.00 bits per heavy atom. The maximum absolute atomic E-state index is 13.2. The molecule has 2 aromatic carbocycles. The number of hydrogen-bond acceptors (Lipinski definition) is 5. The molecular formula is C23H29N3O4S. The second-order valence-electron chi connectivity index (χ2n) is 8.13. The van der Waals surface area contributed by atoms with Gasteiger partial charge in [-0.3, -0.25) is 4.79 Å². The van der Waals surface area contributed by atoms with Gasteiger partial charge in [0.05, 0.1) is 18.1 Å². The highest BCUT2D eigenvalue weighted by atomic mass is 32.2. The molecule has 0 bridgehead atoms. The second-order valence-corrected chi connectivity index (χ2v) is 10.1. The summed E-state index contributed by atoms with van der Waals surface area (Å²) in [4.78, 5) is 16.3. The number of aryl methyl sites for hydroxylation is 1. The molecule has 2 aliphatic rings. The van der Waals surface area contributed by atoms with Crippen molar-refractivity contribution in [3.63, 3.8) is 0 Å². The van der Waals surface area contributed by atoms with E-state index < -0.39 is 10.0 Å². The van der Waals surface area contributed by atoms with E-state index in [0.717, 1.165) is 49.7 Å². The molecular weight excluding hydrogens is 414 g/mol. The molecule has 2 aliphatic heterocycles. The number of rotatable bonds is 6. The van der Waals surface area contributed by atoms with Gasteiger partial charge in [0.15, 0.2) is 0 Å². The monoisotopic (exact) mass is 443 g/mol. The van der Waals surface area contributed by atoms with Crippen molar-refractivity contribution in [3.8, 4) is 0 Å². The summed E-state index contributed by atoms with van der Waals surface area (Å²) >= 11 is 0. The molecule has 0 atom stereocenters. The summed E-state index contributed by atoms with van der Waals surface area (Å²) in [7, 11) is -2.05. The van der Waals surface area contributed by atoms with Crippen LogP contribution in [0, 0.1) is 6.92 Å². The number of hydrogen-bond donors (Lipinski definition) is 0. The number of sulfonamides is 1. The lowest BCUT2D eigenvalue weighted by atomic mass is 10.2. The van der Waals surface area contributed by atoms with Gasteiger partial charge in [0.25, 0.3) is 0 Å². The van der Waals surface area contributed by atoms with Crippen LogP contribution in [-0.4, -0.2) is 58.5 Å². The summed E-state index contributed by atoms with van der Waals surface area (Å²) < 4.78 is 33.2. The number of carbonyl (C=O) groups excluding carboxylic acids is 1. The highest BCUT2D eigenvalue weighted by Crippen LogP contribution is 2.28. The van der Waals surface area contributed by atoms with Crippen LogP contribution in [0.2, 0.25) is 0 Å². The minimum atomic E-state index is -3.65. The third-order valence-corrected chi connectivity index (χ3v) is 7.91. The van der Waals surface area contributed by atoms with Gasteiger partial charge in [-0.25, -0.2) is 8.42 Å². The van der Waals surface area contributed by atoms with Gasteiger partial charge in [-0.05, 0) is 54.8 Å². The number of carbonyl (C=O) groups is 1. The first-order valence-electron chi connectivity index (χ1n) is 10.7. The van der Waals surface area contributed by atoms with Gasteiger partial charge >= 0.3 is 0 Å². The van der Waals surface area contributed by atoms with Crippen molar-refractivity contribution in [1.29, 1.82) is 0 Å². The standard InChI is InChI=1S/C23H29N3O4S/c1-18-16-21(26-11-3-4-23(26)27)9-10-22(18)31(28,29)24(2)17-19-5-7-20(8-6-19)25-12-14-30-15-13-25/h5-10,16H,3-4,11-15,17H2,1-2H3. The first-order valence-corrected chi connectivity index (χ1v) is 12.1. The molecule has 2 saturated heterocycles. The molecule has 0 aromatic heterocycles. The van der Waals surface area contributed by atoms with Gasteiger partial charge in [-0.15, -0.1) is 0 Å². The quantitative estimate of drug-likeness (QED) is 0.687. The molecule has 7 nitrogen and oxygen atoms in total. The van der Waals surface area contributed by atoms with Crippen LogP contribution in [0.5, 0.6) is 0 Å². The zero-order chi connectivity index (χ0) is 22.0. The summed E-state index contributed by atoms with van der Waals surface area (Å²) in [6.45, 7) is 5.95. The van der Waals surface area contributed by atoms with Gasteiger partial charge in [-0.1, -0.05) is 12.1 Å². The van der Waals surface area contributed by atoms with E-state index in [1.807, 2.05) is 24.3 Å². The highest BCUT2D eigenvalue weighted by Gasteiger charge is 2.26. The predicted molar refractivity (Wildman–Crippen MR) is 121 cm³/mol. The number of morpholine rings is 1. The number of nitrogens with zero attached hydrogens (tertiary/aromatic N) is 3. The van der Waals surface area contributed by atoms with Crippen molar-refractivity contribution in [3.05, 3.63) is 53.6 Å². The molecule has 2 heterocycles. The SMILES string of the molecule is Cc1cc(N2CCCC2=O)ccc1S(=O)(=O)N(C)Cc1ccc(N2CCOCC2)cc1. The highest BCUT2D eigenvalue weighted by molar-refractivity contribution is 7.89. The van der Waals surface area contributed by atoms with Crippen LogP contribution in [0.1, 0.15) is 24.0 Å². The van der Waals surface area contributed by atoms with Crippen LogP contribution in [0.15, 0.2) is 47.4 Å².